The minimum atomic E-state index is -1.08. The Balaban J connectivity index is 1.29. The van der Waals surface area contributed by atoms with E-state index in [9.17, 15) is 19.5 Å². The summed E-state index contributed by atoms with van der Waals surface area (Å²) in [7, 11) is 1.49. The molecule has 3 N–H and O–H groups in total. The predicted molar refractivity (Wildman–Crippen MR) is 130 cm³/mol. The fourth-order valence-electron chi connectivity index (χ4n) is 5.26. The highest BCUT2D eigenvalue weighted by atomic mass is 16.5. The maximum absolute atomic E-state index is 12.8. The molecule has 2 aromatic rings. The number of methoxy groups -OCH3 is 1. The summed E-state index contributed by atoms with van der Waals surface area (Å²) in [4.78, 5) is 36.7. The van der Waals surface area contributed by atoms with Crippen LogP contribution in [-0.4, -0.2) is 56.0 Å². The monoisotopic (exact) mass is 480 g/mol. The third-order valence-electron chi connectivity index (χ3n) is 7.07. The lowest BCUT2D eigenvalue weighted by atomic mass is 9.94. The van der Waals surface area contributed by atoms with Crippen molar-refractivity contribution in [2.24, 2.45) is 11.8 Å². The molecule has 2 aliphatic rings. The Morgan fingerprint density at radius 1 is 1.03 bits per heavy atom. The molecule has 8 nitrogen and oxygen atoms in total. The van der Waals surface area contributed by atoms with Gasteiger partial charge in [-0.15, -0.1) is 0 Å². The predicted octanol–water partition coefficient (Wildman–Crippen LogP) is 3.55. The first-order chi connectivity index (χ1) is 17.0. The third kappa shape index (κ3) is 5.65. The van der Waals surface area contributed by atoms with Crippen LogP contribution in [0.15, 0.2) is 48.5 Å². The van der Waals surface area contributed by atoms with Gasteiger partial charge in [0.2, 0.25) is 5.91 Å². The van der Waals surface area contributed by atoms with Gasteiger partial charge in [-0.05, 0) is 41.0 Å². The van der Waals surface area contributed by atoms with Crippen molar-refractivity contribution in [1.29, 1.82) is 0 Å². The highest BCUT2D eigenvalue weighted by Gasteiger charge is 2.35. The molecule has 1 unspecified atom stereocenters. The molecule has 0 aromatic heterocycles. The first-order valence-corrected chi connectivity index (χ1v) is 12.1. The van der Waals surface area contributed by atoms with Crippen molar-refractivity contribution in [1.82, 2.24) is 10.6 Å². The number of fused-ring (bicyclic) bond motifs is 3. The molecule has 4 rings (SSSR count). The summed E-state index contributed by atoms with van der Waals surface area (Å²) >= 11 is 0. The van der Waals surface area contributed by atoms with Gasteiger partial charge in [0.05, 0.1) is 0 Å². The van der Waals surface area contributed by atoms with Gasteiger partial charge in [0.15, 0.2) is 0 Å². The number of carboxylic acids is 1. The van der Waals surface area contributed by atoms with Gasteiger partial charge in [-0.2, -0.15) is 0 Å². The molecule has 0 radical (unpaired) electrons. The lowest BCUT2D eigenvalue weighted by Gasteiger charge is -2.22. The van der Waals surface area contributed by atoms with Crippen molar-refractivity contribution in [2.75, 3.05) is 26.9 Å². The number of ether oxygens (including phenoxy) is 2. The Kier molecular flexibility index (Phi) is 8.02. The molecule has 35 heavy (non-hydrogen) atoms. The molecular formula is C27H32N2O6. The molecule has 2 amide bonds. The number of hydrogen-bond acceptors (Lipinski definition) is 5. The summed E-state index contributed by atoms with van der Waals surface area (Å²) in [6.45, 7) is 0.785. The highest BCUT2D eigenvalue weighted by molar-refractivity contribution is 5.85. The second-order valence-corrected chi connectivity index (χ2v) is 9.18. The first kappa shape index (κ1) is 24.7. The van der Waals surface area contributed by atoms with Crippen molar-refractivity contribution in [2.45, 2.75) is 37.6 Å². The maximum Gasteiger partial charge on any atom is 0.407 e. The van der Waals surface area contributed by atoms with E-state index in [4.69, 9.17) is 9.47 Å². The van der Waals surface area contributed by atoms with Crippen LogP contribution in [0.3, 0.4) is 0 Å². The minimum absolute atomic E-state index is 0.0155. The average Bonchev–Trinajstić information content (AvgIpc) is 3.46. The molecule has 3 atom stereocenters. The molecule has 2 aliphatic carbocycles. The zero-order chi connectivity index (χ0) is 24.8. The second kappa shape index (κ2) is 11.4. The lowest BCUT2D eigenvalue weighted by Crippen LogP contribution is -2.46. The Hall–Kier alpha value is -3.39. The van der Waals surface area contributed by atoms with Crippen LogP contribution in [0.1, 0.15) is 42.7 Å². The number of rotatable bonds is 10. The van der Waals surface area contributed by atoms with Gasteiger partial charge in [0.25, 0.3) is 0 Å². The fourth-order valence-corrected chi connectivity index (χ4v) is 5.26. The Morgan fingerprint density at radius 3 is 2.31 bits per heavy atom. The minimum Gasteiger partial charge on any atom is -0.480 e. The van der Waals surface area contributed by atoms with Gasteiger partial charge in [0.1, 0.15) is 12.6 Å². The maximum atomic E-state index is 12.8. The molecule has 1 fully saturated rings. The molecule has 186 valence electrons. The van der Waals surface area contributed by atoms with E-state index in [1.165, 1.54) is 18.2 Å². The number of alkyl carbamates (subject to hydrolysis) is 1. The summed E-state index contributed by atoms with van der Waals surface area (Å²) in [6.07, 6.45) is 2.00. The Morgan fingerprint density at radius 2 is 1.69 bits per heavy atom. The van der Waals surface area contributed by atoms with E-state index in [2.05, 4.69) is 34.9 Å². The molecule has 0 aliphatic heterocycles. The summed E-state index contributed by atoms with van der Waals surface area (Å²) in [6, 6.07) is 15.3. The summed E-state index contributed by atoms with van der Waals surface area (Å²) in [5.74, 6) is -1.79. The van der Waals surface area contributed by atoms with Crippen LogP contribution < -0.4 is 10.6 Å². The van der Waals surface area contributed by atoms with E-state index in [0.717, 1.165) is 24.0 Å². The Bertz CT molecular complexity index is 1030. The largest absolute Gasteiger partial charge is 0.480 e. The summed E-state index contributed by atoms with van der Waals surface area (Å²) in [5.41, 5.74) is 4.63. The number of nitrogens with one attached hydrogen (secondary N) is 2. The number of carboxylic acid groups (broad SMARTS) is 1. The zero-order valence-electron chi connectivity index (χ0n) is 19.9. The van der Waals surface area contributed by atoms with Crippen LogP contribution in [-0.2, 0) is 19.1 Å². The standard InChI is InChI=1S/C27H32N2O6/c1-34-14-13-24(26(31)32)29-25(30)18-12-6-7-17(18)15-28-27(33)35-16-23-21-10-4-2-8-19(21)20-9-3-5-11-22(20)23/h2-5,8-11,17-18,23-24H,6-7,12-16H2,1H3,(H,28,33)(H,29,30)(H,31,32)/t17-,18-,24?/m1/s1. The second-order valence-electron chi connectivity index (χ2n) is 9.18. The van der Waals surface area contributed by atoms with Crippen LogP contribution in [0.2, 0.25) is 0 Å². The number of carbonyl (C=O) groups is 3. The third-order valence-corrected chi connectivity index (χ3v) is 7.07. The van der Waals surface area contributed by atoms with Crippen LogP contribution >= 0.6 is 0 Å². The molecule has 0 saturated heterocycles. The van der Waals surface area contributed by atoms with Crippen LogP contribution in [0.4, 0.5) is 4.79 Å². The normalized spacial score (nSPS) is 19.5. The SMILES string of the molecule is COCCC(NC(=O)[C@@H]1CCC[C@@H]1CNC(=O)OCC1c2ccccc2-c2ccccc21)C(=O)O. The van der Waals surface area contributed by atoms with E-state index in [0.29, 0.717) is 13.0 Å². The molecule has 0 spiro atoms. The average molecular weight is 481 g/mol. The molecule has 0 heterocycles. The van der Waals surface area contributed by atoms with Gasteiger partial charge >= 0.3 is 12.1 Å². The van der Waals surface area contributed by atoms with Gasteiger partial charge in [-0.25, -0.2) is 9.59 Å². The highest BCUT2D eigenvalue weighted by Crippen LogP contribution is 2.44. The molecule has 0 bridgehead atoms. The lowest BCUT2D eigenvalue weighted by molar-refractivity contribution is -0.143. The van der Waals surface area contributed by atoms with Crippen molar-refractivity contribution in [3.8, 4) is 11.1 Å². The quantitative estimate of drug-likeness (QED) is 0.479. The topological polar surface area (TPSA) is 114 Å². The zero-order valence-corrected chi connectivity index (χ0v) is 19.9. The number of hydrogen-bond donors (Lipinski definition) is 3. The van der Waals surface area contributed by atoms with Gasteiger partial charge in [-0.1, -0.05) is 55.0 Å². The van der Waals surface area contributed by atoms with Crippen molar-refractivity contribution in [3.63, 3.8) is 0 Å². The molecular weight excluding hydrogens is 448 g/mol. The van der Waals surface area contributed by atoms with Crippen LogP contribution in [0.5, 0.6) is 0 Å². The molecule has 8 heteroatoms. The van der Waals surface area contributed by atoms with E-state index >= 15 is 0 Å². The van der Waals surface area contributed by atoms with Crippen LogP contribution in [0, 0.1) is 11.8 Å². The summed E-state index contributed by atoms with van der Waals surface area (Å²) in [5, 5.41) is 14.8. The molecule has 2 aromatic carbocycles. The van der Waals surface area contributed by atoms with Crippen molar-refractivity contribution >= 4 is 18.0 Å². The van der Waals surface area contributed by atoms with Crippen LogP contribution in [0.25, 0.3) is 11.1 Å². The number of aliphatic carboxylic acids is 1. The van der Waals surface area contributed by atoms with Gasteiger partial charge in [-0.3, -0.25) is 4.79 Å². The fraction of sp³-hybridized carbons (Fsp3) is 0.444. The number of amides is 2. The van der Waals surface area contributed by atoms with E-state index in [-0.39, 0.29) is 43.3 Å². The van der Waals surface area contributed by atoms with Crippen molar-refractivity contribution < 1.29 is 29.0 Å². The summed E-state index contributed by atoms with van der Waals surface area (Å²) < 4.78 is 10.5. The number of carbonyl (C=O) groups excluding carboxylic acids is 2. The van der Waals surface area contributed by atoms with Gasteiger partial charge in [0, 0.05) is 38.5 Å². The van der Waals surface area contributed by atoms with E-state index < -0.39 is 18.1 Å². The van der Waals surface area contributed by atoms with Gasteiger partial charge < -0.3 is 25.2 Å². The van der Waals surface area contributed by atoms with E-state index in [1.807, 2.05) is 24.3 Å². The van der Waals surface area contributed by atoms with E-state index in [1.54, 1.807) is 0 Å². The Labute approximate surface area is 205 Å². The first-order valence-electron chi connectivity index (χ1n) is 12.1. The molecule has 1 saturated carbocycles. The van der Waals surface area contributed by atoms with Crippen molar-refractivity contribution in [3.05, 3.63) is 59.7 Å². The smallest absolute Gasteiger partial charge is 0.407 e. The number of benzene rings is 2.